The maximum Gasteiger partial charge on any atom is 0.332 e. The summed E-state index contributed by atoms with van der Waals surface area (Å²) in [7, 11) is 0. The van der Waals surface area contributed by atoms with E-state index in [0.717, 1.165) is 4.90 Å². The Bertz CT molecular complexity index is 875. The molecule has 1 aliphatic heterocycles. The van der Waals surface area contributed by atoms with E-state index in [1.165, 1.54) is 47.4 Å². The van der Waals surface area contributed by atoms with Crippen LogP contribution in [0.3, 0.4) is 0 Å². The first-order valence-corrected chi connectivity index (χ1v) is 8.53. The van der Waals surface area contributed by atoms with Crippen LogP contribution in [0.25, 0.3) is 0 Å². The minimum atomic E-state index is -1.41. The van der Waals surface area contributed by atoms with Crippen LogP contribution in [0.5, 0.6) is 5.75 Å². The Balaban J connectivity index is 2.12. The monoisotopic (exact) mass is 396 g/mol. The third-order valence-electron chi connectivity index (χ3n) is 4.48. The van der Waals surface area contributed by atoms with Gasteiger partial charge < -0.3 is 10.0 Å². The number of rotatable bonds is 4. The normalized spacial score (nSPS) is 20.2. The topological polar surface area (TPSA) is 60.9 Å². The highest BCUT2D eigenvalue weighted by atomic mass is 35.5. The number of halogens is 3. The van der Waals surface area contributed by atoms with Gasteiger partial charge in [0.05, 0.1) is 22.3 Å². The van der Waals surface area contributed by atoms with Crippen molar-refractivity contribution in [1.82, 2.24) is 4.90 Å². The molecular formula is C18H15Cl2FN2O3. The molecule has 1 saturated heterocycles. The lowest BCUT2D eigenvalue weighted by Crippen LogP contribution is -2.45. The number of anilines is 1. The molecule has 3 amide bonds. The van der Waals surface area contributed by atoms with Gasteiger partial charge in [0.15, 0.2) is 0 Å². The molecule has 1 N–H and O–H groups in total. The molecule has 1 unspecified atom stereocenters. The van der Waals surface area contributed by atoms with Crippen molar-refractivity contribution in [3.63, 3.8) is 0 Å². The van der Waals surface area contributed by atoms with E-state index in [1.807, 2.05) is 0 Å². The van der Waals surface area contributed by atoms with E-state index in [1.54, 1.807) is 6.92 Å². The predicted octanol–water partition coefficient (Wildman–Crippen LogP) is 4.35. The smallest absolute Gasteiger partial charge is 0.332 e. The largest absolute Gasteiger partial charge is 0.508 e. The summed E-state index contributed by atoms with van der Waals surface area (Å²) in [5.74, 6) is -0.521. The molecule has 3 rings (SSSR count). The van der Waals surface area contributed by atoms with E-state index in [2.05, 4.69) is 0 Å². The van der Waals surface area contributed by atoms with Crippen molar-refractivity contribution in [2.24, 2.45) is 0 Å². The number of imide groups is 1. The zero-order valence-electron chi connectivity index (χ0n) is 13.7. The van der Waals surface area contributed by atoms with Crippen LogP contribution in [0, 0.1) is 0 Å². The van der Waals surface area contributed by atoms with Gasteiger partial charge in [-0.2, -0.15) is 0 Å². The van der Waals surface area contributed by atoms with Crippen molar-refractivity contribution in [1.29, 1.82) is 0 Å². The Labute approximate surface area is 159 Å². The van der Waals surface area contributed by atoms with Crippen LogP contribution in [0.1, 0.15) is 12.5 Å². The number of phenols is 1. The zero-order chi connectivity index (χ0) is 19.1. The molecule has 1 fully saturated rings. The molecule has 0 aromatic heterocycles. The lowest BCUT2D eigenvalue weighted by Gasteiger charge is -2.31. The van der Waals surface area contributed by atoms with Crippen molar-refractivity contribution in [3.05, 3.63) is 58.1 Å². The Kier molecular flexibility index (Phi) is 4.82. The first kappa shape index (κ1) is 18.5. The van der Waals surface area contributed by atoms with Gasteiger partial charge >= 0.3 is 6.03 Å². The molecule has 0 aliphatic carbocycles. The average Bonchev–Trinajstić information content (AvgIpc) is 2.80. The van der Waals surface area contributed by atoms with Crippen LogP contribution in [0.15, 0.2) is 42.5 Å². The molecule has 136 valence electrons. The SMILES string of the molecule is CC1(c2ccc(O)cc2)C(=O)N(c2ccc(Cl)c(Cl)c2)C(=O)N1CCF. The quantitative estimate of drug-likeness (QED) is 0.781. The Morgan fingerprint density at radius 1 is 1.08 bits per heavy atom. The lowest BCUT2D eigenvalue weighted by atomic mass is 9.90. The number of hydrogen-bond donors (Lipinski definition) is 1. The molecule has 1 aliphatic rings. The first-order chi connectivity index (χ1) is 12.3. The number of benzene rings is 2. The molecule has 0 spiro atoms. The number of urea groups is 1. The van der Waals surface area contributed by atoms with Crippen LogP contribution < -0.4 is 4.90 Å². The second-order valence-electron chi connectivity index (χ2n) is 5.98. The van der Waals surface area contributed by atoms with Gasteiger partial charge in [-0.3, -0.25) is 4.79 Å². The summed E-state index contributed by atoms with van der Waals surface area (Å²) in [5, 5.41) is 9.98. The minimum Gasteiger partial charge on any atom is -0.508 e. The predicted molar refractivity (Wildman–Crippen MR) is 97.5 cm³/mol. The summed E-state index contributed by atoms with van der Waals surface area (Å²) in [6.07, 6.45) is 0. The zero-order valence-corrected chi connectivity index (χ0v) is 15.3. The highest BCUT2D eigenvalue weighted by molar-refractivity contribution is 6.42. The fourth-order valence-electron chi connectivity index (χ4n) is 3.05. The van der Waals surface area contributed by atoms with E-state index >= 15 is 0 Å². The molecule has 1 heterocycles. The van der Waals surface area contributed by atoms with E-state index in [-0.39, 0.29) is 28.0 Å². The maximum absolute atomic E-state index is 13.2. The summed E-state index contributed by atoms with van der Waals surface area (Å²) in [6, 6.07) is 9.63. The molecule has 0 radical (unpaired) electrons. The first-order valence-electron chi connectivity index (χ1n) is 7.77. The van der Waals surface area contributed by atoms with Crippen LogP contribution >= 0.6 is 23.2 Å². The number of carbonyl (C=O) groups is 2. The number of carbonyl (C=O) groups excluding carboxylic acids is 2. The van der Waals surface area contributed by atoms with Crippen LogP contribution in [0.2, 0.25) is 10.0 Å². The highest BCUT2D eigenvalue weighted by Gasteiger charge is 2.55. The highest BCUT2D eigenvalue weighted by Crippen LogP contribution is 2.40. The van der Waals surface area contributed by atoms with Gasteiger partial charge in [0.25, 0.3) is 5.91 Å². The van der Waals surface area contributed by atoms with Crippen molar-refractivity contribution in [3.8, 4) is 5.75 Å². The lowest BCUT2D eigenvalue weighted by molar-refractivity contribution is -0.124. The summed E-state index contributed by atoms with van der Waals surface area (Å²) < 4.78 is 13.1. The number of hydrogen-bond acceptors (Lipinski definition) is 3. The van der Waals surface area contributed by atoms with Crippen LogP contribution in [-0.4, -0.2) is 35.2 Å². The van der Waals surface area contributed by atoms with Gasteiger partial charge in [0.2, 0.25) is 0 Å². The molecular weight excluding hydrogens is 382 g/mol. The van der Waals surface area contributed by atoms with Gasteiger partial charge in [-0.05, 0) is 42.8 Å². The molecule has 26 heavy (non-hydrogen) atoms. The molecule has 2 aromatic carbocycles. The Morgan fingerprint density at radius 2 is 1.73 bits per heavy atom. The number of nitrogens with zero attached hydrogens (tertiary/aromatic N) is 2. The second-order valence-corrected chi connectivity index (χ2v) is 6.80. The van der Waals surface area contributed by atoms with Gasteiger partial charge in [0, 0.05) is 0 Å². The maximum atomic E-state index is 13.2. The van der Waals surface area contributed by atoms with Crippen LogP contribution in [0.4, 0.5) is 14.9 Å². The molecule has 0 bridgehead atoms. The number of aromatic hydroxyl groups is 1. The average molecular weight is 397 g/mol. The Morgan fingerprint density at radius 3 is 2.31 bits per heavy atom. The molecule has 0 saturated carbocycles. The standard InChI is InChI=1S/C18H15Cl2FN2O3/c1-18(11-2-5-13(24)6-3-11)16(25)23(17(26)22(18)9-8-21)12-4-7-14(19)15(20)10-12/h2-7,10,24H,8-9H2,1H3. The fourth-order valence-corrected chi connectivity index (χ4v) is 3.35. The van der Waals surface area contributed by atoms with Gasteiger partial charge in [0.1, 0.15) is 18.0 Å². The van der Waals surface area contributed by atoms with Crippen molar-refractivity contribution in [2.75, 3.05) is 18.1 Å². The fraction of sp³-hybridized carbons (Fsp3) is 0.222. The summed E-state index contributed by atoms with van der Waals surface area (Å²) >= 11 is 11.9. The third-order valence-corrected chi connectivity index (χ3v) is 5.22. The number of amides is 3. The summed E-state index contributed by atoms with van der Waals surface area (Å²) in [6.45, 7) is 0.495. The number of alkyl halides is 1. The summed E-state index contributed by atoms with van der Waals surface area (Å²) in [4.78, 5) is 28.2. The van der Waals surface area contributed by atoms with E-state index in [9.17, 15) is 19.1 Å². The van der Waals surface area contributed by atoms with Gasteiger partial charge in [-0.1, -0.05) is 35.3 Å². The van der Waals surface area contributed by atoms with Gasteiger partial charge in [-0.15, -0.1) is 0 Å². The molecule has 5 nitrogen and oxygen atoms in total. The number of phenolic OH excluding ortho intramolecular Hbond substituents is 1. The van der Waals surface area contributed by atoms with E-state index in [4.69, 9.17) is 23.2 Å². The summed E-state index contributed by atoms with van der Waals surface area (Å²) in [5.41, 5.74) is -0.700. The molecule has 8 heteroatoms. The third kappa shape index (κ3) is 2.79. The van der Waals surface area contributed by atoms with E-state index < -0.39 is 24.2 Å². The van der Waals surface area contributed by atoms with Crippen molar-refractivity contribution >= 4 is 40.8 Å². The Hall–Kier alpha value is -2.31. The molecule has 1 atom stereocenters. The molecule has 2 aromatic rings. The van der Waals surface area contributed by atoms with E-state index in [0.29, 0.717) is 5.56 Å². The van der Waals surface area contributed by atoms with Gasteiger partial charge in [-0.25, -0.2) is 14.1 Å². The van der Waals surface area contributed by atoms with Crippen molar-refractivity contribution in [2.45, 2.75) is 12.5 Å². The second kappa shape index (κ2) is 6.78. The minimum absolute atomic E-state index is 0.0208. The van der Waals surface area contributed by atoms with Crippen molar-refractivity contribution < 1.29 is 19.1 Å². The van der Waals surface area contributed by atoms with Crippen LogP contribution in [-0.2, 0) is 10.3 Å².